The molecule has 0 heterocycles. The van der Waals surface area contributed by atoms with Gasteiger partial charge < -0.3 is 5.32 Å². The molecule has 1 amide bonds. The molecule has 0 bridgehead atoms. The van der Waals surface area contributed by atoms with E-state index in [2.05, 4.69) is 27.9 Å². The lowest BCUT2D eigenvalue weighted by molar-refractivity contribution is -0.116. The molecule has 0 atom stereocenters. The summed E-state index contributed by atoms with van der Waals surface area (Å²) in [7, 11) is -4.02. The molecule has 0 unspecified atom stereocenters. The van der Waals surface area contributed by atoms with Crippen LogP contribution in [0.4, 0.5) is 10.1 Å². The van der Waals surface area contributed by atoms with E-state index in [-0.39, 0.29) is 17.0 Å². The molecule has 0 aromatic heterocycles. The van der Waals surface area contributed by atoms with Crippen molar-refractivity contribution in [2.24, 2.45) is 0 Å². The van der Waals surface area contributed by atoms with Gasteiger partial charge in [-0.3, -0.25) is 4.79 Å². The molecule has 0 aliphatic heterocycles. The number of hydrogen-bond donors (Lipinski definition) is 1. The maximum absolute atomic E-state index is 14.2. The van der Waals surface area contributed by atoms with Gasteiger partial charge in [0.2, 0.25) is 15.9 Å². The highest BCUT2D eigenvalue weighted by Crippen LogP contribution is 2.21. The summed E-state index contributed by atoms with van der Waals surface area (Å²) in [5, 5.41) is 2.69. The standard InChI is InChI=1S/C22H20FIN2O3S/c1-16-6-12-20(13-7-16)30(28,29)26(14-17-4-2-3-5-21(17)23)15-22(27)25-19-10-8-18(24)9-11-19/h2-13H,14-15H2,1H3,(H,25,27). The van der Waals surface area contributed by atoms with Crippen molar-refractivity contribution in [1.29, 1.82) is 0 Å². The van der Waals surface area contributed by atoms with Gasteiger partial charge in [-0.25, -0.2) is 12.8 Å². The van der Waals surface area contributed by atoms with E-state index in [1.807, 2.05) is 19.1 Å². The molecular weight excluding hydrogens is 518 g/mol. The van der Waals surface area contributed by atoms with Crippen molar-refractivity contribution in [3.05, 3.63) is 93.3 Å². The van der Waals surface area contributed by atoms with Crippen molar-refractivity contribution in [2.75, 3.05) is 11.9 Å². The summed E-state index contributed by atoms with van der Waals surface area (Å²) in [4.78, 5) is 12.6. The van der Waals surface area contributed by atoms with E-state index in [1.165, 1.54) is 30.3 Å². The highest BCUT2D eigenvalue weighted by molar-refractivity contribution is 14.1. The van der Waals surface area contributed by atoms with Gasteiger partial charge in [-0.1, -0.05) is 35.9 Å². The van der Waals surface area contributed by atoms with E-state index in [1.54, 1.807) is 30.3 Å². The van der Waals surface area contributed by atoms with Crippen LogP contribution in [0.2, 0.25) is 0 Å². The normalized spacial score (nSPS) is 11.5. The average Bonchev–Trinajstić information content (AvgIpc) is 2.71. The Morgan fingerprint density at radius 1 is 1.00 bits per heavy atom. The first-order valence-corrected chi connectivity index (χ1v) is 11.6. The minimum Gasteiger partial charge on any atom is -0.325 e. The first kappa shape index (κ1) is 22.4. The van der Waals surface area contributed by atoms with Crippen molar-refractivity contribution in [3.63, 3.8) is 0 Å². The largest absolute Gasteiger partial charge is 0.325 e. The van der Waals surface area contributed by atoms with Gasteiger partial charge in [0, 0.05) is 21.4 Å². The predicted octanol–water partition coefficient (Wildman–Crippen LogP) is 4.57. The minimum absolute atomic E-state index is 0.0477. The van der Waals surface area contributed by atoms with Gasteiger partial charge in [-0.2, -0.15) is 4.31 Å². The van der Waals surface area contributed by atoms with Gasteiger partial charge in [-0.15, -0.1) is 0 Å². The summed E-state index contributed by atoms with van der Waals surface area (Å²) < 4.78 is 42.6. The molecule has 156 valence electrons. The summed E-state index contributed by atoms with van der Waals surface area (Å²) in [6, 6.07) is 19.4. The molecule has 0 saturated carbocycles. The molecule has 8 heteroatoms. The molecule has 1 N–H and O–H groups in total. The number of nitrogens with one attached hydrogen (secondary N) is 1. The van der Waals surface area contributed by atoms with Gasteiger partial charge in [0.25, 0.3) is 0 Å². The summed E-state index contributed by atoms with van der Waals surface area (Å²) in [5.41, 5.74) is 1.65. The maximum atomic E-state index is 14.2. The first-order chi connectivity index (χ1) is 14.3. The Morgan fingerprint density at radius 2 is 1.63 bits per heavy atom. The molecule has 0 saturated heterocycles. The third-order valence-corrected chi connectivity index (χ3v) is 6.94. The van der Waals surface area contributed by atoms with E-state index in [0.717, 1.165) is 13.4 Å². The topological polar surface area (TPSA) is 66.5 Å². The zero-order chi connectivity index (χ0) is 21.7. The number of rotatable bonds is 7. The Kier molecular flexibility index (Phi) is 7.22. The lowest BCUT2D eigenvalue weighted by atomic mass is 10.2. The van der Waals surface area contributed by atoms with E-state index < -0.39 is 28.3 Å². The van der Waals surface area contributed by atoms with Gasteiger partial charge in [0.15, 0.2) is 0 Å². The molecule has 0 fully saturated rings. The number of aryl methyl sites for hydroxylation is 1. The zero-order valence-electron chi connectivity index (χ0n) is 16.2. The van der Waals surface area contributed by atoms with Crippen LogP contribution in [0, 0.1) is 16.3 Å². The molecule has 5 nitrogen and oxygen atoms in total. The molecule has 0 radical (unpaired) electrons. The van der Waals surface area contributed by atoms with Crippen LogP contribution in [-0.4, -0.2) is 25.2 Å². The fourth-order valence-corrected chi connectivity index (χ4v) is 4.53. The third-order valence-electron chi connectivity index (χ3n) is 4.41. The van der Waals surface area contributed by atoms with E-state index in [4.69, 9.17) is 0 Å². The van der Waals surface area contributed by atoms with Crippen LogP contribution in [0.3, 0.4) is 0 Å². The Labute approximate surface area is 189 Å². The van der Waals surface area contributed by atoms with Crippen LogP contribution in [0.5, 0.6) is 0 Å². The number of amides is 1. The number of benzene rings is 3. The van der Waals surface area contributed by atoms with Crippen molar-refractivity contribution in [1.82, 2.24) is 4.31 Å². The Bertz CT molecular complexity index is 1130. The maximum Gasteiger partial charge on any atom is 0.243 e. The highest BCUT2D eigenvalue weighted by Gasteiger charge is 2.27. The average molecular weight is 538 g/mol. The second kappa shape index (κ2) is 9.67. The fourth-order valence-electron chi connectivity index (χ4n) is 2.80. The Morgan fingerprint density at radius 3 is 2.27 bits per heavy atom. The number of carbonyl (C=O) groups excluding carboxylic acids is 1. The zero-order valence-corrected chi connectivity index (χ0v) is 19.2. The van der Waals surface area contributed by atoms with Crippen LogP contribution >= 0.6 is 22.6 Å². The van der Waals surface area contributed by atoms with E-state index in [9.17, 15) is 17.6 Å². The minimum atomic E-state index is -4.02. The van der Waals surface area contributed by atoms with Crippen LogP contribution in [0.25, 0.3) is 0 Å². The third kappa shape index (κ3) is 5.65. The SMILES string of the molecule is Cc1ccc(S(=O)(=O)N(CC(=O)Nc2ccc(I)cc2)Cc2ccccc2F)cc1. The molecular formula is C22H20FIN2O3S. The molecule has 3 aromatic carbocycles. The number of anilines is 1. The number of hydrogen-bond acceptors (Lipinski definition) is 3. The predicted molar refractivity (Wildman–Crippen MR) is 123 cm³/mol. The lowest BCUT2D eigenvalue weighted by Crippen LogP contribution is -2.37. The fraction of sp³-hybridized carbons (Fsp3) is 0.136. The Hall–Kier alpha value is -2.30. The molecule has 3 aromatic rings. The quantitative estimate of drug-likeness (QED) is 0.449. The van der Waals surface area contributed by atoms with Gasteiger partial charge in [0.05, 0.1) is 11.4 Å². The number of carbonyl (C=O) groups is 1. The molecule has 0 aliphatic carbocycles. The van der Waals surface area contributed by atoms with Crippen molar-refractivity contribution in [2.45, 2.75) is 18.4 Å². The molecule has 0 spiro atoms. The highest BCUT2D eigenvalue weighted by atomic mass is 127. The van der Waals surface area contributed by atoms with Crippen LogP contribution in [-0.2, 0) is 21.4 Å². The molecule has 3 rings (SSSR count). The van der Waals surface area contributed by atoms with Gasteiger partial charge >= 0.3 is 0 Å². The van der Waals surface area contributed by atoms with Gasteiger partial charge in [0.1, 0.15) is 5.82 Å². The molecule has 30 heavy (non-hydrogen) atoms. The lowest BCUT2D eigenvalue weighted by Gasteiger charge is -2.22. The second-order valence-corrected chi connectivity index (χ2v) is 9.92. The van der Waals surface area contributed by atoms with Crippen LogP contribution in [0.1, 0.15) is 11.1 Å². The van der Waals surface area contributed by atoms with Gasteiger partial charge in [-0.05, 0) is 72.0 Å². The monoisotopic (exact) mass is 538 g/mol. The summed E-state index contributed by atoms with van der Waals surface area (Å²) in [6.07, 6.45) is 0. The van der Waals surface area contributed by atoms with E-state index >= 15 is 0 Å². The van der Waals surface area contributed by atoms with E-state index in [0.29, 0.717) is 5.69 Å². The number of nitrogens with zero attached hydrogens (tertiary/aromatic N) is 1. The number of halogens is 2. The second-order valence-electron chi connectivity index (χ2n) is 6.73. The Balaban J connectivity index is 1.88. The van der Waals surface area contributed by atoms with Crippen molar-refractivity contribution < 1.29 is 17.6 Å². The smallest absolute Gasteiger partial charge is 0.243 e. The summed E-state index contributed by atoms with van der Waals surface area (Å²) in [6.45, 7) is 1.14. The summed E-state index contributed by atoms with van der Waals surface area (Å²) >= 11 is 2.15. The van der Waals surface area contributed by atoms with Crippen molar-refractivity contribution >= 4 is 44.2 Å². The summed E-state index contributed by atoms with van der Waals surface area (Å²) in [5.74, 6) is -1.04. The number of sulfonamides is 1. The van der Waals surface area contributed by atoms with Crippen LogP contribution in [0.15, 0.2) is 77.7 Å². The van der Waals surface area contributed by atoms with Crippen LogP contribution < -0.4 is 5.32 Å². The first-order valence-electron chi connectivity index (χ1n) is 9.11. The van der Waals surface area contributed by atoms with Crippen molar-refractivity contribution in [3.8, 4) is 0 Å². The molecule has 0 aliphatic rings.